The van der Waals surface area contributed by atoms with E-state index in [0.717, 1.165) is 6.92 Å². The monoisotopic (exact) mass is 453 g/mol. The van der Waals surface area contributed by atoms with Gasteiger partial charge < -0.3 is 54.9 Å². The first-order valence-corrected chi connectivity index (χ1v) is 9.74. The van der Waals surface area contributed by atoms with Crippen molar-refractivity contribution in [2.24, 2.45) is 0 Å². The smallest absolute Gasteiger partial charge is 0.335 e. The lowest BCUT2D eigenvalue weighted by Crippen LogP contribution is -2.68. The number of rotatable bonds is 6. The second-order valence-electron chi connectivity index (χ2n) is 8.50. The molecule has 0 spiro atoms. The van der Waals surface area contributed by atoms with Crippen LogP contribution in [0, 0.1) is 0 Å². The third-order valence-corrected chi connectivity index (χ3v) is 4.81. The number of carbonyl (C=O) groups is 2. The zero-order valence-corrected chi connectivity index (χ0v) is 17.6. The Morgan fingerprint density at radius 3 is 2.10 bits per heavy atom. The summed E-state index contributed by atoms with van der Waals surface area (Å²) in [6.07, 6.45) is -14.6. The van der Waals surface area contributed by atoms with E-state index in [-0.39, 0.29) is 0 Å². The van der Waals surface area contributed by atoms with E-state index < -0.39 is 85.4 Å². The zero-order valence-electron chi connectivity index (χ0n) is 17.6. The van der Waals surface area contributed by atoms with Crippen LogP contribution in [-0.2, 0) is 28.5 Å². The highest BCUT2D eigenvalue weighted by Gasteiger charge is 2.53. The van der Waals surface area contributed by atoms with Crippen LogP contribution in [0.5, 0.6) is 0 Å². The van der Waals surface area contributed by atoms with Gasteiger partial charge in [-0.1, -0.05) is 0 Å². The summed E-state index contributed by atoms with van der Waals surface area (Å²) in [4.78, 5) is 23.2. The molecule has 2 aliphatic heterocycles. The van der Waals surface area contributed by atoms with Crippen molar-refractivity contribution in [2.75, 3.05) is 6.61 Å². The molecule has 0 aromatic rings. The first kappa shape index (κ1) is 25.8. The molecule has 13 nitrogen and oxygen atoms in total. The van der Waals surface area contributed by atoms with Crippen LogP contribution in [-0.4, -0.2) is 116 Å². The molecule has 2 fully saturated rings. The van der Waals surface area contributed by atoms with Crippen molar-refractivity contribution < 1.29 is 59.2 Å². The predicted molar refractivity (Wildman–Crippen MR) is 99.4 cm³/mol. The first-order valence-electron chi connectivity index (χ1n) is 9.74. The summed E-state index contributed by atoms with van der Waals surface area (Å²) in [5.74, 6) is -2.10. The van der Waals surface area contributed by atoms with Crippen LogP contribution in [0.15, 0.2) is 0 Å². The number of carboxylic acid groups (broad SMARTS) is 1. The molecular formula is C18H31NO12. The molecule has 0 aromatic carbocycles. The lowest BCUT2D eigenvalue weighted by atomic mass is 9.95. The SMILES string of the molecule is CC(=O)N[C@H]1C(O)O[C@H](CO)[C@@H](O)[C@@H]1OC1OC(C(=O)O)[C@@H](OC(C)(C)C)[C@H](O)[C@H]1O. The van der Waals surface area contributed by atoms with Gasteiger partial charge in [0.2, 0.25) is 5.91 Å². The largest absolute Gasteiger partial charge is 0.479 e. The van der Waals surface area contributed by atoms with Gasteiger partial charge in [-0.25, -0.2) is 4.79 Å². The van der Waals surface area contributed by atoms with E-state index in [0.29, 0.717) is 0 Å². The summed E-state index contributed by atoms with van der Waals surface area (Å²) < 4.78 is 21.5. The average Bonchev–Trinajstić information content (AvgIpc) is 2.64. The maximum atomic E-state index is 11.7. The third-order valence-electron chi connectivity index (χ3n) is 4.81. The molecule has 0 radical (unpaired) electrons. The van der Waals surface area contributed by atoms with Gasteiger partial charge in [0.15, 0.2) is 18.7 Å². The van der Waals surface area contributed by atoms with Gasteiger partial charge in [0.1, 0.15) is 42.7 Å². The number of nitrogens with one attached hydrogen (secondary N) is 1. The fourth-order valence-electron chi connectivity index (χ4n) is 3.48. The summed E-state index contributed by atoms with van der Waals surface area (Å²) >= 11 is 0. The number of carboxylic acids is 1. The van der Waals surface area contributed by atoms with Gasteiger partial charge in [-0.05, 0) is 20.8 Å². The third kappa shape index (κ3) is 6.09. The average molecular weight is 453 g/mol. The molecule has 1 amide bonds. The van der Waals surface area contributed by atoms with Crippen molar-refractivity contribution in [3.63, 3.8) is 0 Å². The fourth-order valence-corrected chi connectivity index (χ4v) is 3.48. The van der Waals surface area contributed by atoms with Crippen LogP contribution < -0.4 is 5.32 Å². The number of hydrogen-bond acceptors (Lipinski definition) is 11. The molecular weight excluding hydrogens is 422 g/mol. The molecule has 2 aliphatic rings. The van der Waals surface area contributed by atoms with Crippen molar-refractivity contribution in [3.05, 3.63) is 0 Å². The van der Waals surface area contributed by atoms with Crippen molar-refractivity contribution in [1.29, 1.82) is 0 Å². The molecule has 0 bridgehead atoms. The number of amides is 1. The van der Waals surface area contributed by atoms with Crippen molar-refractivity contribution in [3.8, 4) is 0 Å². The molecule has 2 rings (SSSR count). The minimum absolute atomic E-state index is 0.608. The molecule has 0 saturated carbocycles. The van der Waals surface area contributed by atoms with Crippen LogP contribution in [0.4, 0.5) is 0 Å². The van der Waals surface area contributed by atoms with Gasteiger partial charge in [-0.2, -0.15) is 0 Å². The lowest BCUT2D eigenvalue weighted by molar-refractivity contribution is -0.344. The van der Waals surface area contributed by atoms with Crippen LogP contribution in [0.3, 0.4) is 0 Å². The molecule has 31 heavy (non-hydrogen) atoms. The van der Waals surface area contributed by atoms with Gasteiger partial charge in [0.25, 0.3) is 0 Å². The fraction of sp³-hybridized carbons (Fsp3) is 0.889. The summed E-state index contributed by atoms with van der Waals surface area (Å²) in [5.41, 5.74) is -0.873. The van der Waals surface area contributed by atoms with Gasteiger partial charge in [-0.15, -0.1) is 0 Å². The molecule has 180 valence electrons. The van der Waals surface area contributed by atoms with Crippen molar-refractivity contribution in [1.82, 2.24) is 5.32 Å². The summed E-state index contributed by atoms with van der Waals surface area (Å²) in [7, 11) is 0. The minimum Gasteiger partial charge on any atom is -0.479 e. The number of aliphatic carboxylic acids is 1. The Morgan fingerprint density at radius 2 is 1.61 bits per heavy atom. The highest BCUT2D eigenvalue weighted by atomic mass is 16.7. The molecule has 2 saturated heterocycles. The molecule has 10 atom stereocenters. The number of aliphatic hydroxyl groups is 5. The quantitative estimate of drug-likeness (QED) is 0.211. The first-order chi connectivity index (χ1) is 14.3. The van der Waals surface area contributed by atoms with Crippen LogP contribution in [0.1, 0.15) is 27.7 Å². The van der Waals surface area contributed by atoms with E-state index in [4.69, 9.17) is 18.9 Å². The highest BCUT2D eigenvalue weighted by molar-refractivity contribution is 5.73. The summed E-state index contributed by atoms with van der Waals surface area (Å²) in [5, 5.41) is 62.9. The molecule has 0 aliphatic carbocycles. The number of ether oxygens (including phenoxy) is 4. The number of carbonyl (C=O) groups excluding carboxylic acids is 1. The van der Waals surface area contributed by atoms with Gasteiger partial charge >= 0.3 is 5.97 Å². The Bertz CT molecular complexity index is 640. The lowest BCUT2D eigenvalue weighted by Gasteiger charge is -2.47. The maximum Gasteiger partial charge on any atom is 0.335 e. The van der Waals surface area contributed by atoms with E-state index in [2.05, 4.69) is 5.32 Å². The Hall–Kier alpha value is -1.42. The van der Waals surface area contributed by atoms with Crippen LogP contribution in [0.25, 0.3) is 0 Å². The number of hydrogen-bond donors (Lipinski definition) is 7. The second-order valence-corrected chi connectivity index (χ2v) is 8.50. The zero-order chi connectivity index (χ0) is 23.7. The molecule has 13 heteroatoms. The van der Waals surface area contributed by atoms with Crippen LogP contribution >= 0.6 is 0 Å². The van der Waals surface area contributed by atoms with E-state index in [1.54, 1.807) is 20.8 Å². The Balaban J connectivity index is 2.29. The predicted octanol–water partition coefficient (Wildman–Crippen LogP) is -3.34. The topological polar surface area (TPSA) is 204 Å². The van der Waals surface area contributed by atoms with E-state index in [1.165, 1.54) is 0 Å². The second kappa shape index (κ2) is 10.0. The summed E-state index contributed by atoms with van der Waals surface area (Å²) in [6.45, 7) is 5.31. The minimum atomic E-state index is -1.80. The normalized spacial score (nSPS) is 41.6. The van der Waals surface area contributed by atoms with Crippen molar-refractivity contribution in [2.45, 2.75) is 94.6 Å². The summed E-state index contributed by atoms with van der Waals surface area (Å²) in [6, 6.07) is -1.35. The standard InChI is InChI=1S/C18H31NO12/c1-6(21)19-8-12(9(22)7(5-20)28-16(8)27)29-17-11(24)10(23)13(31-18(2,3)4)14(30-17)15(25)26/h7-14,16-17,20,22-24,27H,5H2,1-4H3,(H,19,21)(H,25,26)/t7-,8-,9-,10-,11-,12-,13+,14?,16?,17?/m1/s1. The number of aliphatic hydroxyl groups excluding tert-OH is 5. The molecule has 7 N–H and O–H groups in total. The van der Waals surface area contributed by atoms with E-state index in [1.807, 2.05) is 0 Å². The van der Waals surface area contributed by atoms with Crippen molar-refractivity contribution >= 4 is 11.9 Å². The van der Waals surface area contributed by atoms with Gasteiger partial charge in [0.05, 0.1) is 12.2 Å². The molecule has 3 unspecified atom stereocenters. The Morgan fingerprint density at radius 1 is 1.00 bits per heavy atom. The van der Waals surface area contributed by atoms with Crippen LogP contribution in [0.2, 0.25) is 0 Å². The van der Waals surface area contributed by atoms with Gasteiger partial charge in [0, 0.05) is 6.92 Å². The highest BCUT2D eigenvalue weighted by Crippen LogP contribution is 2.31. The maximum absolute atomic E-state index is 11.7. The molecule has 2 heterocycles. The van der Waals surface area contributed by atoms with E-state index in [9.17, 15) is 40.2 Å². The van der Waals surface area contributed by atoms with E-state index >= 15 is 0 Å². The Kier molecular flexibility index (Phi) is 8.35. The van der Waals surface area contributed by atoms with Gasteiger partial charge in [-0.3, -0.25) is 4.79 Å². The Labute approximate surface area is 178 Å². The molecule has 0 aromatic heterocycles.